The fourth-order valence-corrected chi connectivity index (χ4v) is 2.79. The Morgan fingerprint density at radius 2 is 2.19 bits per heavy atom. The number of halogens is 1. The molecule has 1 amide bonds. The van der Waals surface area contributed by atoms with E-state index in [4.69, 9.17) is 23.1 Å². The summed E-state index contributed by atoms with van der Waals surface area (Å²) in [5, 5.41) is 16.3. The molecule has 0 aliphatic rings. The summed E-state index contributed by atoms with van der Waals surface area (Å²) in [7, 11) is 0. The first-order valence-electron chi connectivity index (χ1n) is 8.16. The Hall–Kier alpha value is -3.20. The van der Waals surface area contributed by atoms with Crippen LogP contribution in [0.25, 0.3) is 0 Å². The van der Waals surface area contributed by atoms with Gasteiger partial charge < -0.3 is 16.8 Å². The third kappa shape index (κ3) is 4.91. The Kier molecular flexibility index (Phi) is 6.67. The van der Waals surface area contributed by atoms with E-state index in [-0.39, 0.29) is 27.7 Å². The number of hydrazone groups is 1. The first kappa shape index (κ1) is 20.1. The number of unbranched alkanes of at least 4 members (excludes halogenated alkanes) is 1. The van der Waals surface area contributed by atoms with E-state index in [1.54, 1.807) is 18.3 Å². The van der Waals surface area contributed by atoms with Crippen LogP contribution in [-0.2, 0) is 6.42 Å². The fraction of sp³-hybridized carbons (Fsp3) is 0.235. The molecule has 0 bridgehead atoms. The molecule has 0 fully saturated rings. The molecule has 27 heavy (non-hydrogen) atoms. The van der Waals surface area contributed by atoms with Gasteiger partial charge in [-0.05, 0) is 36.6 Å². The van der Waals surface area contributed by atoms with Gasteiger partial charge in [-0.25, -0.2) is 10.1 Å². The Labute approximate surface area is 160 Å². The molecular formula is C17H19ClN6O3. The molecule has 142 valence electrons. The van der Waals surface area contributed by atoms with Gasteiger partial charge in [0.15, 0.2) is 5.03 Å². The van der Waals surface area contributed by atoms with Crippen molar-refractivity contribution in [3.63, 3.8) is 0 Å². The molecule has 2 rings (SSSR count). The van der Waals surface area contributed by atoms with E-state index in [0.29, 0.717) is 17.7 Å². The van der Waals surface area contributed by atoms with Gasteiger partial charge in [-0.2, -0.15) is 0 Å². The number of nitrogens with two attached hydrogens (primary N) is 2. The lowest BCUT2D eigenvalue weighted by Crippen LogP contribution is -2.21. The first-order valence-corrected chi connectivity index (χ1v) is 8.54. The fourth-order valence-electron chi connectivity index (χ4n) is 2.53. The van der Waals surface area contributed by atoms with Gasteiger partial charge in [-0.15, -0.1) is 0 Å². The highest BCUT2D eigenvalue weighted by molar-refractivity contribution is 6.37. The van der Waals surface area contributed by atoms with E-state index in [1.807, 2.05) is 6.92 Å². The predicted octanol–water partition coefficient (Wildman–Crippen LogP) is 2.81. The molecule has 5 N–H and O–H groups in total. The number of nitrogens with one attached hydrogen (secondary N) is 1. The van der Waals surface area contributed by atoms with Crippen molar-refractivity contribution in [2.45, 2.75) is 26.2 Å². The number of carbonyl (C=O) groups excluding carboxylic acids is 1. The van der Waals surface area contributed by atoms with Crippen molar-refractivity contribution in [2.75, 3.05) is 11.1 Å². The van der Waals surface area contributed by atoms with Crippen LogP contribution < -0.4 is 16.8 Å². The number of nitrogen functional groups attached to an aromatic ring is 1. The smallest absolute Gasteiger partial charge is 0.249 e. The number of nitrogens with zero attached hydrogens (tertiary/aromatic N) is 3. The highest BCUT2D eigenvalue weighted by atomic mass is 35.5. The van der Waals surface area contributed by atoms with Gasteiger partial charge in [0.25, 0.3) is 0 Å². The number of rotatable bonds is 7. The van der Waals surface area contributed by atoms with Gasteiger partial charge in [0.05, 0.1) is 27.7 Å². The number of carbonyl (C=O) groups is 1. The molecule has 1 heterocycles. The molecule has 0 saturated heterocycles. The number of benzene rings is 1. The second kappa shape index (κ2) is 8.95. The monoisotopic (exact) mass is 390 g/mol. The zero-order valence-electron chi connectivity index (χ0n) is 14.6. The molecule has 0 unspecified atom stereocenters. The number of primary amides is 1. The topological polar surface area (TPSA) is 150 Å². The van der Waals surface area contributed by atoms with Crippen LogP contribution in [0.2, 0.25) is 5.02 Å². The maximum absolute atomic E-state index is 11.9. The SMILES string of the molecule is CCCCc1c(C(N)=O)cc(C(=N[N+](=O)[O-])Nc2cccnc2)c(Cl)c1N. The van der Waals surface area contributed by atoms with E-state index in [1.165, 1.54) is 12.3 Å². The lowest BCUT2D eigenvalue weighted by molar-refractivity contribution is -0.484. The molecule has 0 aliphatic heterocycles. The summed E-state index contributed by atoms with van der Waals surface area (Å²) < 4.78 is 0. The standard InChI is InChI=1S/C17H19ClN6O3/c1-2-3-6-11-12(16(20)25)8-13(14(18)15(11)19)17(23-24(26)27)22-10-5-4-7-21-9-10/h4-5,7-9H,2-3,6,19H2,1H3,(H2,20,25)(H,22,23). The maximum Gasteiger partial charge on any atom is 0.249 e. The minimum Gasteiger partial charge on any atom is -0.397 e. The number of amides is 1. The van der Waals surface area contributed by atoms with Gasteiger partial charge in [0.2, 0.25) is 11.7 Å². The third-order valence-corrected chi connectivity index (χ3v) is 4.23. The summed E-state index contributed by atoms with van der Waals surface area (Å²) in [6, 6.07) is 4.66. The summed E-state index contributed by atoms with van der Waals surface area (Å²) >= 11 is 6.36. The summed E-state index contributed by atoms with van der Waals surface area (Å²) in [4.78, 5) is 26.8. The molecule has 2 aromatic rings. The van der Waals surface area contributed by atoms with Crippen molar-refractivity contribution in [1.29, 1.82) is 0 Å². The molecule has 0 spiro atoms. The van der Waals surface area contributed by atoms with Gasteiger partial charge in [-0.3, -0.25) is 9.78 Å². The van der Waals surface area contributed by atoms with E-state index in [9.17, 15) is 14.9 Å². The molecule has 0 saturated carbocycles. The highest BCUT2D eigenvalue weighted by Gasteiger charge is 2.22. The number of hydrogen-bond acceptors (Lipinski definition) is 5. The molecule has 1 aromatic carbocycles. The number of amidine groups is 1. The van der Waals surface area contributed by atoms with Crippen molar-refractivity contribution in [2.24, 2.45) is 10.8 Å². The van der Waals surface area contributed by atoms with Crippen LogP contribution >= 0.6 is 11.6 Å². The Morgan fingerprint density at radius 1 is 1.44 bits per heavy atom. The summed E-state index contributed by atoms with van der Waals surface area (Å²) in [5.41, 5.74) is 13.0. The van der Waals surface area contributed by atoms with Crippen LogP contribution in [0.15, 0.2) is 35.7 Å². The van der Waals surface area contributed by atoms with Crippen molar-refractivity contribution in [1.82, 2.24) is 4.98 Å². The summed E-state index contributed by atoms with van der Waals surface area (Å²) in [5.74, 6) is -0.887. The molecule has 0 atom stereocenters. The Balaban J connectivity index is 2.61. The highest BCUT2D eigenvalue weighted by Crippen LogP contribution is 2.32. The van der Waals surface area contributed by atoms with Crippen molar-refractivity contribution in [3.05, 3.63) is 62.4 Å². The second-order valence-corrected chi connectivity index (χ2v) is 6.08. The van der Waals surface area contributed by atoms with Gasteiger partial charge in [0.1, 0.15) is 0 Å². The average molecular weight is 391 g/mol. The number of anilines is 2. The molecular weight excluding hydrogens is 372 g/mol. The number of nitro groups is 1. The zero-order chi connectivity index (χ0) is 20.0. The molecule has 1 aromatic heterocycles. The summed E-state index contributed by atoms with van der Waals surface area (Å²) in [6.07, 6.45) is 5.18. The normalized spacial score (nSPS) is 11.3. The van der Waals surface area contributed by atoms with E-state index in [0.717, 1.165) is 12.8 Å². The molecule has 9 nitrogen and oxygen atoms in total. The van der Waals surface area contributed by atoms with Crippen molar-refractivity contribution < 1.29 is 9.83 Å². The zero-order valence-corrected chi connectivity index (χ0v) is 15.4. The van der Waals surface area contributed by atoms with E-state index >= 15 is 0 Å². The van der Waals surface area contributed by atoms with E-state index < -0.39 is 10.9 Å². The minimum absolute atomic E-state index is 0.0584. The van der Waals surface area contributed by atoms with E-state index in [2.05, 4.69) is 15.4 Å². The third-order valence-electron chi connectivity index (χ3n) is 3.82. The number of hydrogen-bond donors (Lipinski definition) is 3. The Bertz CT molecular complexity index is 886. The van der Waals surface area contributed by atoms with Crippen LogP contribution in [0.5, 0.6) is 0 Å². The summed E-state index contributed by atoms with van der Waals surface area (Å²) in [6.45, 7) is 2.00. The predicted molar refractivity (Wildman–Crippen MR) is 104 cm³/mol. The van der Waals surface area contributed by atoms with Crippen molar-refractivity contribution in [3.8, 4) is 0 Å². The first-order chi connectivity index (χ1) is 12.8. The second-order valence-electron chi connectivity index (χ2n) is 5.70. The average Bonchev–Trinajstić information content (AvgIpc) is 2.62. The van der Waals surface area contributed by atoms with Crippen LogP contribution in [0.3, 0.4) is 0 Å². The van der Waals surface area contributed by atoms with Crippen LogP contribution in [0.1, 0.15) is 41.3 Å². The van der Waals surface area contributed by atoms with Gasteiger partial charge >= 0.3 is 0 Å². The van der Waals surface area contributed by atoms with Crippen LogP contribution in [0, 0.1) is 10.1 Å². The quantitative estimate of drug-likeness (QED) is 0.217. The minimum atomic E-state index is -0.875. The number of pyridine rings is 1. The number of aromatic nitrogens is 1. The molecule has 10 heteroatoms. The largest absolute Gasteiger partial charge is 0.397 e. The van der Waals surface area contributed by atoms with Crippen molar-refractivity contribution >= 4 is 34.7 Å². The lowest BCUT2D eigenvalue weighted by Gasteiger charge is -2.16. The van der Waals surface area contributed by atoms with Crippen LogP contribution in [0.4, 0.5) is 11.4 Å². The van der Waals surface area contributed by atoms with Gasteiger partial charge in [-0.1, -0.05) is 24.9 Å². The maximum atomic E-state index is 11.9. The Morgan fingerprint density at radius 3 is 2.74 bits per heavy atom. The molecule has 0 aliphatic carbocycles. The van der Waals surface area contributed by atoms with Gasteiger partial charge in [0, 0.05) is 17.3 Å². The molecule has 0 radical (unpaired) electrons. The lowest BCUT2D eigenvalue weighted by atomic mass is 9.96. The van der Waals surface area contributed by atoms with Crippen LogP contribution in [-0.4, -0.2) is 21.8 Å².